The van der Waals surface area contributed by atoms with Crippen LogP contribution in [0.2, 0.25) is 0 Å². The number of thioether (sulfide) groups is 1. The molecular weight excluding hydrogens is 321 g/mol. The maximum atomic E-state index is 13.0. The Labute approximate surface area is 118 Å². The summed E-state index contributed by atoms with van der Waals surface area (Å²) in [7, 11) is 0. The van der Waals surface area contributed by atoms with Gasteiger partial charge in [-0.15, -0.1) is 0 Å². The molecule has 0 heterocycles. The summed E-state index contributed by atoms with van der Waals surface area (Å²) < 4.78 is 13.6. The Morgan fingerprint density at radius 1 is 1.44 bits per heavy atom. The fourth-order valence-corrected chi connectivity index (χ4v) is 2.48. The van der Waals surface area contributed by atoms with E-state index in [0.717, 1.165) is 17.9 Å². The van der Waals surface area contributed by atoms with Crippen LogP contribution in [0, 0.1) is 5.82 Å². The zero-order valence-electron chi connectivity index (χ0n) is 9.79. The van der Waals surface area contributed by atoms with E-state index >= 15 is 0 Å². The zero-order chi connectivity index (χ0) is 13.4. The molecule has 2 N–H and O–H groups in total. The van der Waals surface area contributed by atoms with Gasteiger partial charge in [-0.05, 0) is 46.3 Å². The summed E-state index contributed by atoms with van der Waals surface area (Å²) in [6.07, 6.45) is 0.758. The van der Waals surface area contributed by atoms with Crippen molar-refractivity contribution in [2.75, 3.05) is 24.7 Å². The molecule has 0 unspecified atom stereocenters. The number of halogens is 2. The zero-order valence-corrected chi connectivity index (χ0v) is 12.2. The molecule has 0 saturated carbocycles. The molecule has 0 aliphatic rings. The molecule has 0 aromatic heterocycles. The molecule has 0 spiro atoms. The van der Waals surface area contributed by atoms with E-state index < -0.39 is 5.82 Å². The minimum Gasteiger partial charge on any atom is -0.396 e. The molecule has 0 bridgehead atoms. The van der Waals surface area contributed by atoms with E-state index in [-0.39, 0.29) is 12.5 Å². The number of hydrogen-bond donors (Lipinski definition) is 2. The molecule has 0 fully saturated rings. The number of rotatable bonds is 7. The monoisotopic (exact) mass is 335 g/mol. The molecule has 18 heavy (non-hydrogen) atoms. The second kappa shape index (κ2) is 8.50. The molecule has 6 heteroatoms. The third kappa shape index (κ3) is 5.37. The number of aliphatic hydroxyl groups excluding tert-OH is 1. The van der Waals surface area contributed by atoms with Crippen LogP contribution in [0.3, 0.4) is 0 Å². The minimum atomic E-state index is -0.430. The summed E-state index contributed by atoms with van der Waals surface area (Å²) in [5.41, 5.74) is 0.301. The van der Waals surface area contributed by atoms with Crippen LogP contribution in [0.4, 0.5) is 4.39 Å². The first kappa shape index (κ1) is 15.5. The van der Waals surface area contributed by atoms with Gasteiger partial charge in [-0.25, -0.2) is 4.39 Å². The van der Waals surface area contributed by atoms with Crippen molar-refractivity contribution in [1.29, 1.82) is 0 Å². The van der Waals surface area contributed by atoms with Crippen molar-refractivity contribution in [3.8, 4) is 0 Å². The second-order valence-electron chi connectivity index (χ2n) is 3.57. The van der Waals surface area contributed by atoms with Crippen LogP contribution in [0.25, 0.3) is 0 Å². The van der Waals surface area contributed by atoms with Crippen molar-refractivity contribution in [2.45, 2.75) is 6.42 Å². The molecular formula is C12H15BrFNO2S. The average molecular weight is 336 g/mol. The van der Waals surface area contributed by atoms with Gasteiger partial charge in [-0.2, -0.15) is 11.8 Å². The second-order valence-corrected chi connectivity index (χ2v) is 5.65. The maximum Gasteiger partial charge on any atom is 0.252 e. The van der Waals surface area contributed by atoms with E-state index in [2.05, 4.69) is 21.2 Å². The topological polar surface area (TPSA) is 49.3 Å². The highest BCUT2D eigenvalue weighted by Crippen LogP contribution is 2.17. The van der Waals surface area contributed by atoms with Gasteiger partial charge < -0.3 is 10.4 Å². The lowest BCUT2D eigenvalue weighted by Gasteiger charge is -2.06. The lowest BCUT2D eigenvalue weighted by molar-refractivity contribution is 0.0955. The van der Waals surface area contributed by atoms with E-state index in [1.807, 2.05) is 0 Å². The first-order chi connectivity index (χ1) is 8.65. The number of carbonyl (C=O) groups excluding carboxylic acids is 1. The Balaban J connectivity index is 2.34. The van der Waals surface area contributed by atoms with Gasteiger partial charge in [0.25, 0.3) is 5.91 Å². The first-order valence-electron chi connectivity index (χ1n) is 5.57. The molecule has 0 aliphatic carbocycles. The number of aliphatic hydroxyl groups is 1. The third-order valence-electron chi connectivity index (χ3n) is 2.15. The fraction of sp³-hybridized carbons (Fsp3) is 0.417. The van der Waals surface area contributed by atoms with Crippen LogP contribution < -0.4 is 5.32 Å². The number of hydrogen-bond acceptors (Lipinski definition) is 3. The van der Waals surface area contributed by atoms with Crippen molar-refractivity contribution in [3.05, 3.63) is 34.1 Å². The highest BCUT2D eigenvalue weighted by Gasteiger charge is 2.10. The van der Waals surface area contributed by atoms with Gasteiger partial charge in [0, 0.05) is 23.4 Å². The van der Waals surface area contributed by atoms with Gasteiger partial charge in [0.2, 0.25) is 0 Å². The summed E-state index contributed by atoms with van der Waals surface area (Å²) in [5.74, 6) is 0.930. The number of nitrogens with one attached hydrogen (secondary N) is 1. The minimum absolute atomic E-state index is 0.190. The summed E-state index contributed by atoms with van der Waals surface area (Å²) in [5, 5.41) is 11.3. The van der Waals surface area contributed by atoms with Crippen molar-refractivity contribution in [3.63, 3.8) is 0 Å². The van der Waals surface area contributed by atoms with E-state index in [9.17, 15) is 9.18 Å². The van der Waals surface area contributed by atoms with Crippen LogP contribution in [-0.2, 0) is 0 Å². The predicted molar refractivity (Wildman–Crippen MR) is 75.5 cm³/mol. The molecule has 1 amide bonds. The third-order valence-corrected chi connectivity index (χ3v) is 3.91. The standard InChI is InChI=1S/C12H15BrFNO2S/c13-11-3-2-9(14)8-10(11)12(17)15-4-7-18-6-1-5-16/h2-3,8,16H,1,4-7H2,(H,15,17). The van der Waals surface area contributed by atoms with Gasteiger partial charge in [-0.1, -0.05) is 0 Å². The van der Waals surface area contributed by atoms with Crippen molar-refractivity contribution < 1.29 is 14.3 Å². The van der Waals surface area contributed by atoms with E-state index in [1.165, 1.54) is 18.2 Å². The Hall–Kier alpha value is -0.590. The van der Waals surface area contributed by atoms with Crippen molar-refractivity contribution in [1.82, 2.24) is 5.32 Å². The fourth-order valence-electron chi connectivity index (χ4n) is 1.27. The normalized spacial score (nSPS) is 10.4. The van der Waals surface area contributed by atoms with E-state index in [1.54, 1.807) is 11.8 Å². The molecule has 1 aromatic carbocycles. The van der Waals surface area contributed by atoms with Gasteiger partial charge in [0.05, 0.1) is 5.56 Å². The molecule has 0 radical (unpaired) electrons. The molecule has 3 nitrogen and oxygen atoms in total. The summed E-state index contributed by atoms with van der Waals surface area (Å²) in [6.45, 7) is 0.716. The molecule has 1 rings (SSSR count). The Kier molecular flexibility index (Phi) is 7.31. The van der Waals surface area contributed by atoms with E-state index in [4.69, 9.17) is 5.11 Å². The van der Waals surface area contributed by atoms with Gasteiger partial charge in [0.15, 0.2) is 0 Å². The molecule has 0 saturated heterocycles. The molecule has 0 atom stereocenters. The average Bonchev–Trinajstić information content (AvgIpc) is 2.36. The smallest absolute Gasteiger partial charge is 0.252 e. The quantitative estimate of drug-likeness (QED) is 0.752. The summed E-state index contributed by atoms with van der Waals surface area (Å²) in [6, 6.07) is 4.02. The van der Waals surface area contributed by atoms with Crippen LogP contribution in [0.15, 0.2) is 22.7 Å². The lowest BCUT2D eigenvalue weighted by Crippen LogP contribution is -2.26. The predicted octanol–water partition coefficient (Wildman–Crippen LogP) is 2.43. The van der Waals surface area contributed by atoms with Gasteiger partial charge >= 0.3 is 0 Å². The highest BCUT2D eigenvalue weighted by atomic mass is 79.9. The molecule has 0 aliphatic heterocycles. The lowest BCUT2D eigenvalue weighted by atomic mass is 10.2. The summed E-state index contributed by atoms with van der Waals surface area (Å²) >= 11 is 4.88. The molecule has 100 valence electrons. The largest absolute Gasteiger partial charge is 0.396 e. The van der Waals surface area contributed by atoms with Crippen LogP contribution in [0.5, 0.6) is 0 Å². The van der Waals surface area contributed by atoms with Crippen LogP contribution in [0.1, 0.15) is 16.8 Å². The highest BCUT2D eigenvalue weighted by molar-refractivity contribution is 9.10. The Morgan fingerprint density at radius 3 is 2.94 bits per heavy atom. The van der Waals surface area contributed by atoms with Crippen molar-refractivity contribution >= 4 is 33.6 Å². The number of benzene rings is 1. The number of amides is 1. The van der Waals surface area contributed by atoms with Crippen LogP contribution >= 0.6 is 27.7 Å². The Bertz CT molecular complexity index is 404. The van der Waals surface area contributed by atoms with E-state index in [0.29, 0.717) is 16.6 Å². The molecule has 1 aromatic rings. The SMILES string of the molecule is O=C(NCCSCCCO)c1cc(F)ccc1Br. The summed E-state index contributed by atoms with van der Waals surface area (Å²) in [4.78, 5) is 11.7. The first-order valence-corrected chi connectivity index (χ1v) is 7.51. The van der Waals surface area contributed by atoms with Crippen molar-refractivity contribution in [2.24, 2.45) is 0 Å². The van der Waals surface area contributed by atoms with Gasteiger partial charge in [0.1, 0.15) is 5.82 Å². The number of carbonyl (C=O) groups is 1. The van der Waals surface area contributed by atoms with Gasteiger partial charge in [-0.3, -0.25) is 4.79 Å². The maximum absolute atomic E-state index is 13.0. The Morgan fingerprint density at radius 2 is 2.22 bits per heavy atom. The van der Waals surface area contributed by atoms with Crippen LogP contribution in [-0.4, -0.2) is 35.7 Å².